The Hall–Kier alpha value is -1.11. The second-order valence-corrected chi connectivity index (χ2v) is 12.1. The molecule has 0 bridgehead atoms. The molecule has 2 saturated heterocycles. The van der Waals surface area contributed by atoms with E-state index in [1.165, 1.54) is 19.3 Å². The summed E-state index contributed by atoms with van der Waals surface area (Å²) in [6.07, 6.45) is 6.48. The first-order valence-electron chi connectivity index (χ1n) is 11.6. The maximum Gasteiger partial charge on any atom is 0.243 e. The van der Waals surface area contributed by atoms with Crippen molar-refractivity contribution in [3.63, 3.8) is 0 Å². The summed E-state index contributed by atoms with van der Waals surface area (Å²) in [7, 11) is -3.51. The molecule has 1 aromatic carbocycles. The standard InChI is InChI=1S/C24H38N2O3S/c1-16-9-7-8-12-26(16)20-10-13-25(14-11-20)30(27,28)23-18(3)17(2)22-21(19(23)4)15-24(5,6)29-22/h16,20H,7-15H2,1-6H3. The number of benzene rings is 1. The summed E-state index contributed by atoms with van der Waals surface area (Å²) < 4.78 is 35.4. The fourth-order valence-electron chi connectivity index (χ4n) is 5.84. The highest BCUT2D eigenvalue weighted by atomic mass is 32.2. The highest BCUT2D eigenvalue weighted by molar-refractivity contribution is 7.89. The van der Waals surface area contributed by atoms with Crippen LogP contribution in [-0.4, -0.2) is 54.9 Å². The molecule has 1 atom stereocenters. The summed E-state index contributed by atoms with van der Waals surface area (Å²) in [4.78, 5) is 3.15. The van der Waals surface area contributed by atoms with Gasteiger partial charge in [0.2, 0.25) is 10.0 Å². The van der Waals surface area contributed by atoms with Crippen LogP contribution in [0.3, 0.4) is 0 Å². The molecule has 0 aliphatic carbocycles. The van der Waals surface area contributed by atoms with Crippen molar-refractivity contribution in [2.45, 2.75) is 103 Å². The first-order valence-corrected chi connectivity index (χ1v) is 13.0. The zero-order chi connectivity index (χ0) is 21.8. The summed E-state index contributed by atoms with van der Waals surface area (Å²) in [6.45, 7) is 14.8. The lowest BCUT2D eigenvalue weighted by Gasteiger charge is -2.43. The second kappa shape index (κ2) is 7.79. The molecule has 0 N–H and O–H groups in total. The van der Waals surface area contributed by atoms with Crippen LogP contribution in [0.25, 0.3) is 0 Å². The maximum absolute atomic E-state index is 13.8. The number of nitrogens with zero attached hydrogens (tertiary/aromatic N) is 2. The Kier molecular flexibility index (Phi) is 5.74. The van der Waals surface area contributed by atoms with Crippen molar-refractivity contribution in [1.29, 1.82) is 0 Å². The fraction of sp³-hybridized carbons (Fsp3) is 0.750. The number of piperidine rings is 2. The maximum atomic E-state index is 13.8. The van der Waals surface area contributed by atoms with Crippen LogP contribution in [0.5, 0.6) is 5.75 Å². The molecule has 3 aliphatic heterocycles. The normalized spacial score (nSPS) is 25.9. The predicted octanol–water partition coefficient (Wildman–Crippen LogP) is 4.35. The molecule has 0 spiro atoms. The molecule has 0 amide bonds. The molecule has 2 fully saturated rings. The van der Waals surface area contributed by atoms with Crippen LogP contribution in [-0.2, 0) is 16.4 Å². The zero-order valence-corrected chi connectivity index (χ0v) is 20.4. The summed E-state index contributed by atoms with van der Waals surface area (Å²) in [6, 6.07) is 1.14. The van der Waals surface area contributed by atoms with Crippen LogP contribution in [0.4, 0.5) is 0 Å². The van der Waals surface area contributed by atoms with Crippen LogP contribution < -0.4 is 4.74 Å². The first-order chi connectivity index (χ1) is 14.0. The average molecular weight is 435 g/mol. The third kappa shape index (κ3) is 3.69. The quantitative estimate of drug-likeness (QED) is 0.710. The molecule has 0 radical (unpaired) electrons. The minimum absolute atomic E-state index is 0.282. The number of rotatable bonds is 3. The van der Waals surface area contributed by atoms with Gasteiger partial charge < -0.3 is 4.74 Å². The molecular weight excluding hydrogens is 396 g/mol. The number of fused-ring (bicyclic) bond motifs is 1. The van der Waals surface area contributed by atoms with Crippen LogP contribution in [0, 0.1) is 20.8 Å². The lowest BCUT2D eigenvalue weighted by Crippen LogP contribution is -2.51. The van der Waals surface area contributed by atoms with Gasteiger partial charge in [-0.25, -0.2) is 8.42 Å². The predicted molar refractivity (Wildman–Crippen MR) is 121 cm³/mol. The third-order valence-electron chi connectivity index (χ3n) is 7.64. The number of ether oxygens (including phenoxy) is 1. The molecule has 168 valence electrons. The van der Waals surface area contributed by atoms with Crippen molar-refractivity contribution in [2.24, 2.45) is 0 Å². The Morgan fingerprint density at radius 3 is 2.23 bits per heavy atom. The Morgan fingerprint density at radius 2 is 1.60 bits per heavy atom. The molecule has 30 heavy (non-hydrogen) atoms. The highest BCUT2D eigenvalue weighted by Gasteiger charge is 2.39. The first kappa shape index (κ1) is 22.1. The van der Waals surface area contributed by atoms with E-state index in [0.717, 1.165) is 53.8 Å². The van der Waals surface area contributed by atoms with Crippen LogP contribution in [0.15, 0.2) is 4.90 Å². The minimum Gasteiger partial charge on any atom is -0.487 e. The number of likely N-dealkylation sites (tertiary alicyclic amines) is 1. The fourth-order valence-corrected chi connectivity index (χ4v) is 7.84. The monoisotopic (exact) mass is 434 g/mol. The molecule has 5 nitrogen and oxygen atoms in total. The SMILES string of the molecule is Cc1c(C)c(S(=O)(=O)N2CCC(N3CCCCC3C)CC2)c(C)c2c1OC(C)(C)C2. The van der Waals surface area contributed by atoms with Gasteiger partial charge in [0.15, 0.2) is 0 Å². The number of sulfonamides is 1. The third-order valence-corrected chi connectivity index (χ3v) is 9.81. The lowest BCUT2D eigenvalue weighted by atomic mass is 9.94. The highest BCUT2D eigenvalue weighted by Crippen LogP contribution is 2.44. The van der Waals surface area contributed by atoms with E-state index < -0.39 is 10.0 Å². The summed E-state index contributed by atoms with van der Waals surface area (Å²) >= 11 is 0. The van der Waals surface area contributed by atoms with E-state index in [9.17, 15) is 8.42 Å². The smallest absolute Gasteiger partial charge is 0.243 e. The van der Waals surface area contributed by atoms with Crippen molar-refractivity contribution in [2.75, 3.05) is 19.6 Å². The van der Waals surface area contributed by atoms with Crippen LogP contribution >= 0.6 is 0 Å². The van der Waals surface area contributed by atoms with E-state index in [1.54, 1.807) is 4.31 Å². The van der Waals surface area contributed by atoms with Gasteiger partial charge in [0.25, 0.3) is 0 Å². The van der Waals surface area contributed by atoms with Gasteiger partial charge in [0.1, 0.15) is 11.4 Å². The number of hydrogen-bond donors (Lipinski definition) is 0. The zero-order valence-electron chi connectivity index (χ0n) is 19.5. The van der Waals surface area contributed by atoms with Gasteiger partial charge in [-0.1, -0.05) is 6.42 Å². The summed E-state index contributed by atoms with van der Waals surface area (Å²) in [5.41, 5.74) is 3.48. The molecule has 0 aromatic heterocycles. The average Bonchev–Trinajstić information content (AvgIpc) is 3.03. The molecule has 1 unspecified atom stereocenters. The van der Waals surface area contributed by atoms with Crippen molar-refractivity contribution < 1.29 is 13.2 Å². The van der Waals surface area contributed by atoms with E-state index in [1.807, 2.05) is 20.8 Å². The van der Waals surface area contributed by atoms with Gasteiger partial charge in [-0.15, -0.1) is 0 Å². The molecule has 6 heteroatoms. The Balaban J connectivity index is 1.59. The van der Waals surface area contributed by atoms with Crippen LogP contribution in [0.2, 0.25) is 0 Å². The molecular formula is C24H38N2O3S. The topological polar surface area (TPSA) is 49.9 Å². The number of hydrogen-bond acceptors (Lipinski definition) is 4. The van der Waals surface area contributed by atoms with Gasteiger partial charge in [-0.2, -0.15) is 4.31 Å². The lowest BCUT2D eigenvalue weighted by molar-refractivity contribution is 0.0737. The van der Waals surface area contributed by atoms with Crippen molar-refractivity contribution >= 4 is 10.0 Å². The van der Waals surface area contributed by atoms with Gasteiger partial charge in [-0.05, 0) is 90.5 Å². The van der Waals surface area contributed by atoms with Gasteiger partial charge >= 0.3 is 0 Å². The van der Waals surface area contributed by atoms with E-state index in [2.05, 4.69) is 25.7 Å². The largest absolute Gasteiger partial charge is 0.487 e. The van der Waals surface area contributed by atoms with Gasteiger partial charge in [0.05, 0.1) is 4.90 Å². The van der Waals surface area contributed by atoms with E-state index >= 15 is 0 Å². The summed E-state index contributed by atoms with van der Waals surface area (Å²) in [5, 5.41) is 0. The Morgan fingerprint density at radius 1 is 0.933 bits per heavy atom. The molecule has 3 aliphatic rings. The van der Waals surface area contributed by atoms with Crippen molar-refractivity contribution in [3.05, 3.63) is 22.3 Å². The van der Waals surface area contributed by atoms with E-state index in [-0.39, 0.29) is 5.60 Å². The Labute approximate surface area is 182 Å². The van der Waals surface area contributed by atoms with Crippen molar-refractivity contribution in [3.8, 4) is 5.75 Å². The van der Waals surface area contributed by atoms with Gasteiger partial charge in [0, 0.05) is 37.2 Å². The molecule has 1 aromatic rings. The molecule has 3 heterocycles. The molecule has 0 saturated carbocycles. The van der Waals surface area contributed by atoms with Gasteiger partial charge in [-0.3, -0.25) is 4.90 Å². The van der Waals surface area contributed by atoms with Crippen LogP contribution in [0.1, 0.15) is 75.1 Å². The summed E-state index contributed by atoms with van der Waals surface area (Å²) in [5.74, 6) is 0.895. The Bertz CT molecular complexity index is 931. The molecule has 4 rings (SSSR count). The second-order valence-electron chi connectivity index (χ2n) is 10.3. The minimum atomic E-state index is -3.51. The van der Waals surface area contributed by atoms with E-state index in [4.69, 9.17) is 4.74 Å². The van der Waals surface area contributed by atoms with E-state index in [0.29, 0.717) is 30.1 Å². The van der Waals surface area contributed by atoms with Crippen molar-refractivity contribution in [1.82, 2.24) is 9.21 Å².